The van der Waals surface area contributed by atoms with Crippen LogP contribution in [0.25, 0.3) is 18.2 Å². The molecule has 0 heterocycles. The molecule has 222 valence electrons. The van der Waals surface area contributed by atoms with Crippen LogP contribution in [0.1, 0.15) is 16.7 Å². The molecule has 3 rings (SSSR count). The molecule has 0 aliphatic heterocycles. The van der Waals surface area contributed by atoms with Gasteiger partial charge in [-0.25, -0.2) is 14.4 Å². The molecule has 3 aromatic rings. The van der Waals surface area contributed by atoms with Gasteiger partial charge in [-0.3, -0.25) is 0 Å². The molecule has 0 amide bonds. The van der Waals surface area contributed by atoms with Gasteiger partial charge in [0.2, 0.25) is 0 Å². The van der Waals surface area contributed by atoms with Gasteiger partial charge in [0.15, 0.2) is 0 Å². The molecule has 0 saturated carbocycles. The van der Waals surface area contributed by atoms with Crippen LogP contribution >= 0.6 is 0 Å². The van der Waals surface area contributed by atoms with Crippen molar-refractivity contribution in [2.75, 3.05) is 14.2 Å². The number of carboxylic acid groups (broad SMARTS) is 3. The van der Waals surface area contributed by atoms with Gasteiger partial charge in [0.05, 0.1) is 0 Å². The van der Waals surface area contributed by atoms with Crippen LogP contribution in [0.3, 0.4) is 0 Å². The van der Waals surface area contributed by atoms with Gasteiger partial charge >= 0.3 is 53.5 Å². The van der Waals surface area contributed by atoms with Gasteiger partial charge in [-0.15, -0.1) is 17.2 Å². The van der Waals surface area contributed by atoms with E-state index in [4.69, 9.17) is 25.5 Å². The summed E-state index contributed by atoms with van der Waals surface area (Å²) >= 11 is 0. The van der Waals surface area contributed by atoms with E-state index >= 15 is 0 Å². The topological polar surface area (TPSA) is 253 Å². The van der Waals surface area contributed by atoms with Crippen LogP contribution in [0.2, 0.25) is 0 Å². The summed E-state index contributed by atoms with van der Waals surface area (Å²) < 4.78 is 0. The Bertz CT molecular complexity index is 1060. The zero-order valence-corrected chi connectivity index (χ0v) is 26.3. The van der Waals surface area contributed by atoms with Crippen molar-refractivity contribution in [1.82, 2.24) is 0 Å². The van der Waals surface area contributed by atoms with Gasteiger partial charge in [0, 0.05) is 32.4 Å². The number of rotatable bonds is 6. The fourth-order valence-corrected chi connectivity index (χ4v) is 2.24. The van der Waals surface area contributed by atoms with Gasteiger partial charge in [-0.05, 0) is 34.9 Å². The van der Waals surface area contributed by atoms with E-state index in [2.05, 4.69) is 0 Å². The average Bonchev–Trinajstić information content (AvgIpc) is 2.95. The van der Waals surface area contributed by atoms with E-state index in [0.717, 1.165) is 32.4 Å². The molecule has 7 N–H and O–H groups in total. The smallest absolute Gasteiger partial charge is 0.872 e. The van der Waals surface area contributed by atoms with Crippen molar-refractivity contribution in [2.24, 2.45) is 0 Å². The van der Waals surface area contributed by atoms with Crippen molar-refractivity contribution >= 4 is 36.1 Å². The number of carbonyl (C=O) groups is 3. The molecule has 0 spiro atoms. The molecule has 0 aromatic heterocycles. The van der Waals surface area contributed by atoms with Crippen LogP contribution in [-0.4, -0.2) is 63.1 Å². The maximum atomic E-state index is 10.6. The van der Waals surface area contributed by atoms with Crippen molar-refractivity contribution < 1.29 is 96.3 Å². The normalized spacial score (nSPS) is 9.14. The summed E-state index contributed by atoms with van der Waals surface area (Å²) in [4.78, 5) is 30.3. The Balaban J connectivity index is -0.000000237. The molecule has 13 heteroatoms. The summed E-state index contributed by atoms with van der Waals surface area (Å²) in [5.41, 5.74) is 2.12. The van der Waals surface area contributed by atoms with Crippen molar-refractivity contribution in [3.8, 4) is 17.2 Å². The minimum absolute atomic E-state index is 0. The molecular formula is C29H31LaO12. The molecule has 0 atom stereocenters. The van der Waals surface area contributed by atoms with Crippen LogP contribution in [-0.2, 0) is 14.4 Å². The molecule has 42 heavy (non-hydrogen) atoms. The summed E-state index contributed by atoms with van der Waals surface area (Å²) in [6.45, 7) is 0. The molecule has 0 aliphatic carbocycles. The molecule has 0 unspecified atom stereocenters. The monoisotopic (exact) mass is 710 g/mol. The Kier molecular flexibility index (Phi) is 30.2. The van der Waals surface area contributed by atoms with E-state index in [9.17, 15) is 29.7 Å². The largest absolute Gasteiger partial charge is 3.00 e. The summed E-state index contributed by atoms with van der Waals surface area (Å²) in [5.74, 6) is -3.24. The molecular weight excluding hydrogens is 679 g/mol. The predicted molar refractivity (Wildman–Crippen MR) is 148 cm³/mol. The second-order valence-corrected chi connectivity index (χ2v) is 6.72. The van der Waals surface area contributed by atoms with Gasteiger partial charge in [-0.1, -0.05) is 72.8 Å². The number of carboxylic acids is 3. The van der Waals surface area contributed by atoms with Gasteiger partial charge < -0.3 is 46.3 Å². The minimum atomic E-state index is -0.999. The summed E-state index contributed by atoms with van der Waals surface area (Å²) in [6, 6.07) is 17.8. The Hall–Kier alpha value is -4.24. The fraction of sp³-hybridized carbons (Fsp3) is 0.0690. The van der Waals surface area contributed by atoms with Crippen LogP contribution < -0.4 is 15.3 Å². The molecule has 3 aromatic carbocycles. The molecule has 12 nitrogen and oxygen atoms in total. The molecule has 0 fully saturated rings. The Labute approximate surface area is 270 Å². The summed E-state index contributed by atoms with van der Waals surface area (Å²) in [6.07, 6.45) is 7.38. The van der Waals surface area contributed by atoms with Crippen LogP contribution in [0.5, 0.6) is 17.2 Å². The van der Waals surface area contributed by atoms with E-state index in [-0.39, 0.29) is 58.3 Å². The van der Waals surface area contributed by atoms with Crippen LogP contribution in [0.4, 0.5) is 0 Å². The first kappa shape index (κ1) is 44.8. The van der Waals surface area contributed by atoms with Crippen molar-refractivity contribution in [1.29, 1.82) is 0 Å². The summed E-state index contributed by atoms with van der Waals surface area (Å²) in [5, 5.41) is 70.7. The van der Waals surface area contributed by atoms with Gasteiger partial charge in [-0.2, -0.15) is 0 Å². The SMILES string of the molecule is CO.CO.O.O=C(O)/C=C/c1ccc([O-])cc1.O=C(O)/C=C/c1ccc([O-])cc1.O=C(O)/C=C/c1ccc([O-])cc1.[La+3]. The molecule has 0 saturated heterocycles. The molecule has 0 bridgehead atoms. The van der Waals surface area contributed by atoms with E-state index in [1.807, 2.05) is 0 Å². The minimum Gasteiger partial charge on any atom is -0.872 e. The Morgan fingerprint density at radius 3 is 0.786 bits per heavy atom. The molecule has 0 radical (unpaired) electrons. The molecule has 0 aliphatic rings. The maximum absolute atomic E-state index is 10.6. The van der Waals surface area contributed by atoms with E-state index < -0.39 is 17.9 Å². The quantitative estimate of drug-likeness (QED) is 0.225. The first-order valence-electron chi connectivity index (χ1n) is 11.0. The maximum Gasteiger partial charge on any atom is 3.00 e. The second-order valence-electron chi connectivity index (χ2n) is 6.72. The number of aliphatic carboxylic acids is 3. The predicted octanol–water partition coefficient (Wildman–Crippen LogP) is 0.966. The van der Waals surface area contributed by atoms with E-state index in [1.54, 1.807) is 36.4 Å². The van der Waals surface area contributed by atoms with E-state index in [1.165, 1.54) is 54.6 Å². The fourth-order valence-electron chi connectivity index (χ4n) is 2.24. The third-order valence-corrected chi connectivity index (χ3v) is 3.90. The van der Waals surface area contributed by atoms with Crippen LogP contribution in [0.15, 0.2) is 91.0 Å². The Morgan fingerprint density at radius 2 is 0.643 bits per heavy atom. The number of hydrogen-bond donors (Lipinski definition) is 5. The number of benzene rings is 3. The van der Waals surface area contributed by atoms with Gasteiger partial charge in [0.1, 0.15) is 0 Å². The zero-order valence-electron chi connectivity index (χ0n) is 22.7. The Morgan fingerprint density at radius 1 is 0.476 bits per heavy atom. The first-order chi connectivity index (χ1) is 19.0. The van der Waals surface area contributed by atoms with Crippen molar-refractivity contribution in [2.45, 2.75) is 0 Å². The van der Waals surface area contributed by atoms with E-state index in [0.29, 0.717) is 16.7 Å². The number of aliphatic hydroxyl groups is 2. The van der Waals surface area contributed by atoms with Crippen molar-refractivity contribution in [3.63, 3.8) is 0 Å². The number of aliphatic hydroxyl groups excluding tert-OH is 2. The average molecular weight is 710 g/mol. The number of hydrogen-bond acceptors (Lipinski definition) is 8. The summed E-state index contributed by atoms with van der Waals surface area (Å²) in [7, 11) is 2.00. The third kappa shape index (κ3) is 26.0. The first-order valence-corrected chi connectivity index (χ1v) is 11.0. The second kappa shape index (κ2) is 28.3. The van der Waals surface area contributed by atoms with Gasteiger partial charge in [0.25, 0.3) is 0 Å². The third-order valence-electron chi connectivity index (χ3n) is 3.90. The zero-order chi connectivity index (χ0) is 30.9. The van der Waals surface area contributed by atoms with Crippen LogP contribution in [0, 0.1) is 35.6 Å². The standard InChI is InChI=1S/3C9H8O3.2CH4O.La.H2O/c3*10-8-4-1-7(2-5-8)3-6-9(11)12;2*1-2;;/h3*1-6,10H,(H,11,12);2*2H,1H3;;1H2/q;;;;;+3;/p-3/b3*6-3+;;;;. The van der Waals surface area contributed by atoms with Crippen molar-refractivity contribution in [3.05, 3.63) is 108 Å².